The average molecular weight is 552 g/mol. The number of rotatable bonds is 12. The summed E-state index contributed by atoms with van der Waals surface area (Å²) in [6, 6.07) is 21.6. The highest BCUT2D eigenvalue weighted by atomic mass is 16.1. The number of hydrogen-bond acceptors (Lipinski definition) is 5. The minimum atomic E-state index is -0.216. The zero-order valence-corrected chi connectivity index (χ0v) is 24.8. The third kappa shape index (κ3) is 7.30. The highest BCUT2D eigenvalue weighted by Gasteiger charge is 2.16. The van der Waals surface area contributed by atoms with Crippen LogP contribution >= 0.6 is 0 Å². The summed E-state index contributed by atoms with van der Waals surface area (Å²) in [6.45, 7) is 11.3. The summed E-state index contributed by atoms with van der Waals surface area (Å²) in [5, 5.41) is 6.32. The van der Waals surface area contributed by atoms with E-state index in [1.54, 1.807) is 13.2 Å². The van der Waals surface area contributed by atoms with E-state index < -0.39 is 0 Å². The molecule has 0 spiro atoms. The Morgan fingerprint density at radius 1 is 0.951 bits per heavy atom. The number of unbranched alkanes of at least 4 members (excludes halogenated alkanes) is 1. The Morgan fingerprint density at radius 2 is 1.68 bits per heavy atom. The number of carbonyl (C=O) groups is 1. The van der Waals surface area contributed by atoms with E-state index in [9.17, 15) is 9.59 Å². The fraction of sp³-hybridized carbons (Fsp3) is 0.324. The summed E-state index contributed by atoms with van der Waals surface area (Å²) in [6.07, 6.45) is 4.71. The fourth-order valence-electron chi connectivity index (χ4n) is 4.92. The lowest BCUT2D eigenvalue weighted by molar-refractivity contribution is 0.102. The molecular formula is C34H41N5O2. The Hall–Kier alpha value is -4.23. The van der Waals surface area contributed by atoms with Crippen molar-refractivity contribution in [3.8, 4) is 11.3 Å². The molecule has 0 aliphatic heterocycles. The molecule has 0 fully saturated rings. The predicted octanol–water partition coefficient (Wildman–Crippen LogP) is 6.94. The Morgan fingerprint density at radius 3 is 2.39 bits per heavy atom. The molecule has 0 radical (unpaired) electrons. The minimum absolute atomic E-state index is 0.128. The predicted molar refractivity (Wildman–Crippen MR) is 169 cm³/mol. The van der Waals surface area contributed by atoms with Crippen LogP contribution in [-0.4, -0.2) is 33.4 Å². The standard InChI is InChI=1S/C34H41N5O2/c1-6-9-13-26-14-10-11-15-29(26)33(40)37-30-17-12-16-28(24(30)4)31-23-38(5)34(41)32(36-31)35-27-20-18-25(19-21-27)22-39(7-2)8-3/h10-12,14-21,23H,6-9,13,22H2,1-5H3,(H,35,36)(H,37,40). The lowest BCUT2D eigenvalue weighted by Crippen LogP contribution is -2.22. The second-order valence-electron chi connectivity index (χ2n) is 10.4. The number of carbonyl (C=O) groups excluding carboxylic acids is 1. The second-order valence-corrected chi connectivity index (χ2v) is 10.4. The Labute approximate surface area is 243 Å². The maximum atomic E-state index is 13.3. The van der Waals surface area contributed by atoms with Crippen LogP contribution in [0, 0.1) is 6.92 Å². The van der Waals surface area contributed by atoms with E-state index in [-0.39, 0.29) is 17.3 Å². The van der Waals surface area contributed by atoms with Crippen molar-refractivity contribution in [1.29, 1.82) is 0 Å². The molecule has 0 unspecified atom stereocenters. The number of benzene rings is 3. The molecule has 0 bridgehead atoms. The maximum Gasteiger partial charge on any atom is 0.293 e. The zero-order chi connectivity index (χ0) is 29.4. The molecule has 1 amide bonds. The Balaban J connectivity index is 1.58. The molecule has 214 valence electrons. The van der Waals surface area contributed by atoms with Crippen molar-refractivity contribution < 1.29 is 4.79 Å². The van der Waals surface area contributed by atoms with Gasteiger partial charge >= 0.3 is 0 Å². The Kier molecular flexibility index (Phi) is 10.1. The Bertz CT molecular complexity index is 1540. The summed E-state index contributed by atoms with van der Waals surface area (Å²) in [7, 11) is 1.72. The van der Waals surface area contributed by atoms with Crippen LogP contribution in [0.3, 0.4) is 0 Å². The SMILES string of the molecule is CCCCc1ccccc1C(=O)Nc1cccc(-c2cn(C)c(=O)c(Nc3ccc(CN(CC)CC)cc3)n2)c1C. The van der Waals surface area contributed by atoms with Gasteiger partial charge in [0.15, 0.2) is 5.82 Å². The molecule has 1 aromatic heterocycles. The number of aryl methyl sites for hydroxylation is 2. The van der Waals surface area contributed by atoms with Crippen molar-refractivity contribution in [2.24, 2.45) is 7.05 Å². The van der Waals surface area contributed by atoms with E-state index in [1.807, 2.05) is 61.5 Å². The number of aromatic nitrogens is 2. The lowest BCUT2D eigenvalue weighted by atomic mass is 10.0. The third-order valence-corrected chi connectivity index (χ3v) is 7.51. The maximum absolute atomic E-state index is 13.3. The smallest absolute Gasteiger partial charge is 0.293 e. The molecule has 0 aliphatic carbocycles. The van der Waals surface area contributed by atoms with Crippen molar-refractivity contribution in [2.45, 2.75) is 53.5 Å². The van der Waals surface area contributed by atoms with Gasteiger partial charge in [0.2, 0.25) is 0 Å². The van der Waals surface area contributed by atoms with Crippen molar-refractivity contribution in [1.82, 2.24) is 14.5 Å². The van der Waals surface area contributed by atoms with Gasteiger partial charge in [0.25, 0.3) is 11.5 Å². The van der Waals surface area contributed by atoms with E-state index in [2.05, 4.69) is 48.4 Å². The van der Waals surface area contributed by atoms with Crippen molar-refractivity contribution in [3.05, 3.63) is 106 Å². The van der Waals surface area contributed by atoms with Crippen LogP contribution in [0.5, 0.6) is 0 Å². The van der Waals surface area contributed by atoms with Crippen LogP contribution in [0.25, 0.3) is 11.3 Å². The summed E-state index contributed by atoms with van der Waals surface area (Å²) in [5.41, 5.74) is 6.63. The van der Waals surface area contributed by atoms with Crippen molar-refractivity contribution >= 4 is 23.1 Å². The molecule has 2 N–H and O–H groups in total. The molecule has 3 aromatic carbocycles. The molecule has 41 heavy (non-hydrogen) atoms. The van der Waals surface area contributed by atoms with Gasteiger partial charge in [0, 0.05) is 42.3 Å². The van der Waals surface area contributed by atoms with Crippen molar-refractivity contribution in [2.75, 3.05) is 23.7 Å². The molecular weight excluding hydrogens is 510 g/mol. The number of amides is 1. The van der Waals surface area contributed by atoms with Crippen LogP contribution < -0.4 is 16.2 Å². The molecule has 4 rings (SSSR count). The molecule has 1 heterocycles. The van der Waals surface area contributed by atoms with Gasteiger partial charge < -0.3 is 15.2 Å². The first-order valence-electron chi connectivity index (χ1n) is 14.5. The van der Waals surface area contributed by atoms with Crippen molar-refractivity contribution in [3.63, 3.8) is 0 Å². The van der Waals surface area contributed by atoms with E-state index in [0.717, 1.165) is 61.3 Å². The molecule has 4 aromatic rings. The van der Waals surface area contributed by atoms with Gasteiger partial charge in [-0.3, -0.25) is 14.5 Å². The zero-order valence-electron chi connectivity index (χ0n) is 24.8. The summed E-state index contributed by atoms with van der Waals surface area (Å²) < 4.78 is 1.54. The van der Waals surface area contributed by atoms with Gasteiger partial charge in [0.05, 0.1) is 5.69 Å². The molecule has 0 saturated heterocycles. The molecule has 0 aliphatic rings. The largest absolute Gasteiger partial charge is 0.336 e. The quantitative estimate of drug-likeness (QED) is 0.199. The topological polar surface area (TPSA) is 79.3 Å². The summed E-state index contributed by atoms with van der Waals surface area (Å²) in [4.78, 5) is 33.3. The summed E-state index contributed by atoms with van der Waals surface area (Å²) in [5.74, 6) is 0.123. The highest BCUT2D eigenvalue weighted by molar-refractivity contribution is 6.06. The monoisotopic (exact) mass is 551 g/mol. The summed E-state index contributed by atoms with van der Waals surface area (Å²) >= 11 is 0. The van der Waals surface area contributed by atoms with E-state index in [0.29, 0.717) is 16.9 Å². The minimum Gasteiger partial charge on any atom is -0.336 e. The molecule has 7 heteroatoms. The molecule has 0 atom stereocenters. The fourth-order valence-corrected chi connectivity index (χ4v) is 4.92. The van der Waals surface area contributed by atoms with Crippen LogP contribution in [0.1, 0.15) is 60.7 Å². The number of nitrogens with one attached hydrogen (secondary N) is 2. The van der Waals surface area contributed by atoms with E-state index >= 15 is 0 Å². The normalized spacial score (nSPS) is 11.1. The van der Waals surface area contributed by atoms with Crippen LogP contribution in [0.2, 0.25) is 0 Å². The van der Waals surface area contributed by atoms with E-state index in [1.165, 1.54) is 10.1 Å². The first kappa shape index (κ1) is 29.7. The van der Waals surface area contributed by atoms with Gasteiger partial charge in [-0.2, -0.15) is 0 Å². The number of anilines is 3. The van der Waals surface area contributed by atoms with Gasteiger partial charge in [0.1, 0.15) is 0 Å². The highest BCUT2D eigenvalue weighted by Crippen LogP contribution is 2.28. The third-order valence-electron chi connectivity index (χ3n) is 7.51. The van der Waals surface area contributed by atoms with Gasteiger partial charge in [-0.1, -0.05) is 69.7 Å². The number of hydrogen-bond donors (Lipinski definition) is 2. The van der Waals surface area contributed by atoms with Gasteiger partial charge in [-0.05, 0) is 73.8 Å². The van der Waals surface area contributed by atoms with Crippen LogP contribution in [0.15, 0.2) is 77.7 Å². The van der Waals surface area contributed by atoms with Gasteiger partial charge in [-0.15, -0.1) is 0 Å². The van der Waals surface area contributed by atoms with Crippen LogP contribution in [0.4, 0.5) is 17.2 Å². The molecule has 0 saturated carbocycles. The first-order chi connectivity index (χ1) is 19.8. The van der Waals surface area contributed by atoms with Crippen LogP contribution in [-0.2, 0) is 20.0 Å². The average Bonchev–Trinajstić information content (AvgIpc) is 2.99. The molecule has 7 nitrogen and oxygen atoms in total. The van der Waals surface area contributed by atoms with E-state index in [4.69, 9.17) is 4.98 Å². The van der Waals surface area contributed by atoms with Gasteiger partial charge in [-0.25, -0.2) is 4.98 Å². The first-order valence-corrected chi connectivity index (χ1v) is 14.5. The number of nitrogens with zero attached hydrogens (tertiary/aromatic N) is 3. The second kappa shape index (κ2) is 13.9. The lowest BCUT2D eigenvalue weighted by Gasteiger charge is -2.18.